The second kappa shape index (κ2) is 38.7. The summed E-state index contributed by atoms with van der Waals surface area (Å²) in [5.41, 5.74) is 0.538. The van der Waals surface area contributed by atoms with Gasteiger partial charge in [0.05, 0.1) is 0 Å². The van der Waals surface area contributed by atoms with Crippen LogP contribution in [0.1, 0.15) is 141 Å². The van der Waals surface area contributed by atoms with E-state index in [1.54, 1.807) is 12.2 Å². The molecule has 2 aliphatic heterocycles. The third-order valence-corrected chi connectivity index (χ3v) is 12.8. The van der Waals surface area contributed by atoms with Crippen LogP contribution < -0.4 is 20.7 Å². The normalized spacial score (nSPS) is 19.0. The van der Waals surface area contributed by atoms with E-state index in [1.807, 2.05) is 27.7 Å². The number of nitrogens with zero attached hydrogens (tertiary/aromatic N) is 1. The van der Waals surface area contributed by atoms with Gasteiger partial charge in [0, 0.05) is 75.4 Å². The number of hydrogen-bond acceptors (Lipinski definition) is 19. The Morgan fingerprint density at radius 3 is 1.38 bits per heavy atom. The Balaban J connectivity index is 0.00000167. The third-order valence-electron chi connectivity index (χ3n) is 12.8. The van der Waals surface area contributed by atoms with Gasteiger partial charge in [0.2, 0.25) is 11.8 Å². The van der Waals surface area contributed by atoms with E-state index in [2.05, 4.69) is 20.7 Å². The lowest BCUT2D eigenvalue weighted by molar-refractivity contribution is -0.274. The second-order valence-electron chi connectivity index (χ2n) is 19.7. The lowest BCUT2D eigenvalue weighted by atomic mass is 9.98. The fourth-order valence-electron chi connectivity index (χ4n) is 8.47. The number of methoxy groups -OCH3 is 2. The largest absolute Gasteiger partial charge is 0.573 e. The molecule has 2 aliphatic rings. The molecule has 2 unspecified atom stereocenters. The number of esters is 6. The van der Waals surface area contributed by atoms with Crippen molar-refractivity contribution in [2.45, 2.75) is 209 Å². The molecule has 0 radical (unpaired) electrons. The Morgan fingerprint density at radius 2 is 0.988 bits per heavy atom. The molecule has 0 aliphatic carbocycles. The molecule has 0 bridgehead atoms. The number of amides is 4. The highest BCUT2D eigenvalue weighted by Gasteiger charge is 2.47. The summed E-state index contributed by atoms with van der Waals surface area (Å²) >= 11 is 0. The van der Waals surface area contributed by atoms with E-state index in [0.29, 0.717) is 37.9 Å². The van der Waals surface area contributed by atoms with Crippen LogP contribution in [0, 0.1) is 11.8 Å². The van der Waals surface area contributed by atoms with Crippen molar-refractivity contribution in [1.29, 1.82) is 0 Å². The zero-order chi connectivity index (χ0) is 61.9. The lowest BCUT2D eigenvalue weighted by Gasteiger charge is -2.34. The summed E-state index contributed by atoms with van der Waals surface area (Å²) in [7, 11) is 2.38. The first-order valence-corrected chi connectivity index (χ1v) is 27.0. The minimum atomic E-state index is -4.84. The van der Waals surface area contributed by atoms with Crippen molar-refractivity contribution in [3.63, 3.8) is 0 Å². The van der Waals surface area contributed by atoms with Crippen molar-refractivity contribution in [3.05, 3.63) is 54.1 Å². The number of carbonyl (C=O) groups is 10. The van der Waals surface area contributed by atoms with Crippen LogP contribution in [0.25, 0.3) is 0 Å². The van der Waals surface area contributed by atoms with Gasteiger partial charge in [0.1, 0.15) is 17.8 Å². The van der Waals surface area contributed by atoms with Crippen LogP contribution in [0.15, 0.2) is 48.6 Å². The first-order chi connectivity index (χ1) is 38.5. The monoisotopic (exact) mass is 1200 g/mol. The highest BCUT2D eigenvalue weighted by atomic mass is 19.4. The summed E-state index contributed by atoms with van der Waals surface area (Å²) in [5, 5.41) is 8.00. The van der Waals surface area contributed by atoms with Crippen LogP contribution in [0.4, 0.5) is 13.2 Å². The van der Waals surface area contributed by atoms with E-state index in [-0.39, 0.29) is 45.6 Å². The molecule has 1 aromatic rings. The summed E-state index contributed by atoms with van der Waals surface area (Å²) in [5.74, 6) is -7.24. The van der Waals surface area contributed by atoms with Crippen LogP contribution in [-0.4, -0.2) is 159 Å². The van der Waals surface area contributed by atoms with E-state index in [1.165, 1.54) is 43.2 Å². The zero-order valence-corrected chi connectivity index (χ0v) is 48.7. The Morgan fingerprint density at radius 1 is 0.595 bits per heavy atom. The molecular formula is C58H89F3N4O19. The zero-order valence-electron chi connectivity index (χ0n) is 48.7. The predicted octanol–water partition coefficient (Wildman–Crippen LogP) is 6.45. The van der Waals surface area contributed by atoms with E-state index in [4.69, 9.17) is 37.9 Å². The number of carbonyl (C=O) groups excluding carboxylic acids is 10. The van der Waals surface area contributed by atoms with Gasteiger partial charge in [0.15, 0.2) is 48.8 Å². The molecule has 2 fully saturated rings. The van der Waals surface area contributed by atoms with Gasteiger partial charge in [-0.25, -0.2) is 0 Å². The number of ether oxygens (including phenoxy) is 9. The third kappa shape index (κ3) is 28.0. The number of alkyl halides is 3. The summed E-state index contributed by atoms with van der Waals surface area (Å²) in [4.78, 5) is 127. The Labute approximate surface area is 491 Å². The van der Waals surface area contributed by atoms with Gasteiger partial charge in [-0.2, -0.15) is 0 Å². The smallest absolute Gasteiger partial charge is 0.455 e. The number of hydrogen-bond donors (Lipinski definition) is 3. The van der Waals surface area contributed by atoms with Crippen LogP contribution in [-0.2, 0) is 92.4 Å². The molecule has 84 heavy (non-hydrogen) atoms. The van der Waals surface area contributed by atoms with Crippen molar-refractivity contribution in [1.82, 2.24) is 20.9 Å². The van der Waals surface area contributed by atoms with Crippen molar-refractivity contribution in [2.75, 3.05) is 27.3 Å². The highest BCUT2D eigenvalue weighted by molar-refractivity contribution is 5.91. The molecule has 3 N–H and O–H groups in total. The first kappa shape index (κ1) is 76.9. The predicted molar refractivity (Wildman–Crippen MR) is 299 cm³/mol. The molecule has 12 atom stereocenters. The SMILES string of the molecule is C.C.CCC(C)/C=C/[C@@H](OC(C)=O)[C@H](OC(C)=O)[C@@H](OC(C)=O)[C@@H](OC)C(=O)N[C@H]1CCCCN(Cc2ccc(OC(F)(F)F)cc2)C1=O.CCC(C)/C=C/[C@@H](OC(C)=O)[C@H](OC(C)=O)[C@@H](OC(C)=O)[C@@H](OC)C(=O)N[C@H]1CCCCNC1=O. The molecular weight excluding hydrogens is 1110 g/mol. The Bertz CT molecular complexity index is 2350. The maximum Gasteiger partial charge on any atom is 0.573 e. The van der Waals surface area contributed by atoms with Crippen LogP contribution in [0.3, 0.4) is 0 Å². The molecule has 26 heteroatoms. The topological polar surface area (TPSA) is 293 Å². The van der Waals surface area contributed by atoms with E-state index < -0.39 is 127 Å². The maximum atomic E-state index is 13.7. The molecule has 0 spiro atoms. The van der Waals surface area contributed by atoms with Crippen molar-refractivity contribution >= 4 is 59.4 Å². The fourth-order valence-corrected chi connectivity index (χ4v) is 8.47. The van der Waals surface area contributed by atoms with Crippen LogP contribution in [0.2, 0.25) is 0 Å². The number of benzene rings is 1. The van der Waals surface area contributed by atoms with Gasteiger partial charge >= 0.3 is 42.2 Å². The van der Waals surface area contributed by atoms with Crippen LogP contribution >= 0.6 is 0 Å². The van der Waals surface area contributed by atoms with E-state index >= 15 is 0 Å². The Kier molecular flexibility index (Phi) is 35.4. The lowest BCUT2D eigenvalue weighted by Crippen LogP contribution is -2.58. The minimum absolute atomic E-state index is 0. The first-order valence-electron chi connectivity index (χ1n) is 27.0. The van der Waals surface area contributed by atoms with Gasteiger partial charge in [0.25, 0.3) is 11.8 Å². The van der Waals surface area contributed by atoms with Gasteiger partial charge in [-0.05, 0) is 80.2 Å². The fraction of sp³-hybridized carbons (Fsp3) is 0.655. The highest BCUT2D eigenvalue weighted by Crippen LogP contribution is 2.26. The van der Waals surface area contributed by atoms with Crippen molar-refractivity contribution in [2.24, 2.45) is 11.8 Å². The number of halogens is 3. The summed E-state index contributed by atoms with van der Waals surface area (Å²) in [6, 6.07) is 3.26. The molecule has 0 aromatic heterocycles. The molecule has 1 aromatic carbocycles. The van der Waals surface area contributed by atoms with E-state index in [9.17, 15) is 61.1 Å². The Hall–Kier alpha value is -7.09. The minimum Gasteiger partial charge on any atom is -0.455 e. The molecule has 2 saturated heterocycles. The van der Waals surface area contributed by atoms with Gasteiger partial charge in [-0.15, -0.1) is 13.2 Å². The molecule has 476 valence electrons. The van der Waals surface area contributed by atoms with Gasteiger partial charge in [-0.1, -0.05) is 79.7 Å². The molecule has 3 rings (SSSR count). The number of rotatable bonds is 27. The maximum absolute atomic E-state index is 13.7. The standard InChI is InChI=1S/C32H43F3N2O10.C24H38N2O9.2CH4/c1-7-19(2)11-16-26(44-20(3)38)27(45-21(4)39)28(46-22(5)40)29(43-6)30(41)36-25-10-8-9-17-37(31(25)42)18-23-12-14-24(15-13-23)47-32(33,34)35;1-7-14(2)11-12-19(33-15(3)27)20(34-16(4)28)21(35-17(5)29)22(32-6)24(31)26-18-10-8-9-13-25-23(18)30;;/h11-16,19,25-29H,7-10,17-18H2,1-6H3,(H,36,41);11-12,14,18-22H,7-10,13H2,1-6H3,(H,25,30)(H,26,31);2*1H4/b16-11+;12-11+;;/t19?,25-,26+,27-,28+,29+;14?,18-,19+,20-,21+,22+;;/m00../s1. The molecule has 23 nitrogen and oxygen atoms in total. The van der Waals surface area contributed by atoms with Crippen molar-refractivity contribution < 1.29 is 104 Å². The number of likely N-dealkylation sites (tertiary alicyclic amines) is 1. The molecule has 4 amide bonds. The average molecular weight is 1200 g/mol. The average Bonchev–Trinajstić information content (AvgIpc) is 3.79. The van der Waals surface area contributed by atoms with Gasteiger partial charge in [-0.3, -0.25) is 47.9 Å². The second-order valence-corrected chi connectivity index (χ2v) is 19.7. The van der Waals surface area contributed by atoms with Crippen molar-refractivity contribution in [3.8, 4) is 5.75 Å². The number of nitrogens with one attached hydrogen (secondary N) is 3. The van der Waals surface area contributed by atoms with E-state index in [0.717, 1.165) is 79.5 Å². The van der Waals surface area contributed by atoms with Crippen LogP contribution in [0.5, 0.6) is 5.75 Å². The summed E-state index contributed by atoms with van der Waals surface area (Å²) < 4.78 is 84.9. The summed E-state index contributed by atoms with van der Waals surface area (Å²) in [6.07, 6.45) is -5.02. The molecule has 0 saturated carbocycles. The summed E-state index contributed by atoms with van der Waals surface area (Å²) in [6.45, 7) is 15.4. The molecule has 2 heterocycles. The number of allylic oxidation sites excluding steroid dienone is 2. The van der Waals surface area contributed by atoms with Gasteiger partial charge < -0.3 is 63.5 Å². The quantitative estimate of drug-likeness (QED) is 0.0484.